The van der Waals surface area contributed by atoms with Crippen molar-refractivity contribution >= 4 is 12.0 Å². The van der Waals surface area contributed by atoms with Crippen LogP contribution in [0.2, 0.25) is 0 Å². The van der Waals surface area contributed by atoms with Crippen LogP contribution in [0, 0.1) is 0 Å². The van der Waals surface area contributed by atoms with Crippen molar-refractivity contribution in [3.05, 3.63) is 17.7 Å². The summed E-state index contributed by atoms with van der Waals surface area (Å²) in [6.45, 7) is 2.26. The highest BCUT2D eigenvalue weighted by molar-refractivity contribution is 7.94. The predicted octanol–water partition coefficient (Wildman–Crippen LogP) is 7.23. The van der Waals surface area contributed by atoms with Gasteiger partial charge in [-0.2, -0.15) is 4.33 Å². The van der Waals surface area contributed by atoms with Crippen molar-refractivity contribution < 1.29 is 19.8 Å². The molecule has 26 heavy (non-hydrogen) atoms. The lowest BCUT2D eigenvalue weighted by Crippen LogP contribution is -1.89. The highest BCUT2D eigenvalue weighted by atomic mass is 32.2. The van der Waals surface area contributed by atoms with Crippen LogP contribution < -0.4 is 0 Å². The Morgan fingerprint density at radius 1 is 0.731 bits per heavy atom. The van der Waals surface area contributed by atoms with Crippen molar-refractivity contribution in [2.45, 2.75) is 102 Å². The van der Waals surface area contributed by atoms with Gasteiger partial charge in [-0.15, -0.1) is 0 Å². The van der Waals surface area contributed by atoms with Crippen molar-refractivity contribution in [2.75, 3.05) is 0 Å². The van der Waals surface area contributed by atoms with E-state index in [1.54, 1.807) is 6.07 Å². The summed E-state index contributed by atoms with van der Waals surface area (Å²) in [7, 11) is 0. The molecular formula is C21H36O4S. The predicted molar refractivity (Wildman–Crippen MR) is 109 cm³/mol. The molecule has 0 heterocycles. The summed E-state index contributed by atoms with van der Waals surface area (Å²) in [4.78, 5) is 0.305. The second kappa shape index (κ2) is 15.2. The van der Waals surface area contributed by atoms with E-state index < -0.39 is 0 Å². The fraction of sp³-hybridized carbons (Fsp3) is 0.714. The Kier molecular flexibility index (Phi) is 13.5. The van der Waals surface area contributed by atoms with E-state index in [-0.39, 0.29) is 11.5 Å². The van der Waals surface area contributed by atoms with Crippen molar-refractivity contribution in [3.63, 3.8) is 0 Å². The molecule has 1 aromatic carbocycles. The Balaban J connectivity index is 2.01. The number of unbranched alkanes of at least 4 members (excludes halogenated alkanes) is 12. The number of aryl methyl sites for hydroxylation is 1. The largest absolute Gasteiger partial charge is 0.508 e. The molecule has 0 spiro atoms. The Morgan fingerprint density at radius 2 is 1.23 bits per heavy atom. The molecule has 0 radical (unpaired) electrons. The Hall–Kier alpha value is -0.910. The monoisotopic (exact) mass is 384 g/mol. The van der Waals surface area contributed by atoms with Gasteiger partial charge >= 0.3 is 0 Å². The topological polar surface area (TPSA) is 69.9 Å². The van der Waals surface area contributed by atoms with E-state index in [0.717, 1.165) is 24.8 Å². The lowest BCUT2D eigenvalue weighted by Gasteiger charge is -2.08. The maximum Gasteiger partial charge on any atom is 0.132 e. The van der Waals surface area contributed by atoms with E-state index in [9.17, 15) is 10.2 Å². The zero-order chi connectivity index (χ0) is 19.0. The van der Waals surface area contributed by atoms with Crippen LogP contribution in [0.4, 0.5) is 0 Å². The van der Waals surface area contributed by atoms with Gasteiger partial charge in [0.15, 0.2) is 0 Å². The summed E-state index contributed by atoms with van der Waals surface area (Å²) in [5.41, 5.74) is 0.743. The highest BCUT2D eigenvalue weighted by Crippen LogP contribution is 2.35. The summed E-state index contributed by atoms with van der Waals surface area (Å²) >= 11 is 0.618. The van der Waals surface area contributed by atoms with Crippen molar-refractivity contribution in [3.8, 4) is 11.5 Å². The minimum atomic E-state index is 0.0199. The first-order chi connectivity index (χ1) is 12.7. The molecule has 0 saturated heterocycles. The highest BCUT2D eigenvalue weighted by Gasteiger charge is 2.10. The molecule has 4 nitrogen and oxygen atoms in total. The summed E-state index contributed by atoms with van der Waals surface area (Å²) < 4.78 is 3.93. The third-order valence-electron chi connectivity index (χ3n) is 4.84. The van der Waals surface area contributed by atoms with Crippen LogP contribution in [-0.4, -0.2) is 15.5 Å². The van der Waals surface area contributed by atoms with Gasteiger partial charge in [-0.25, -0.2) is 5.26 Å². The molecule has 0 fully saturated rings. The van der Waals surface area contributed by atoms with E-state index in [4.69, 9.17) is 5.26 Å². The molecule has 0 aliphatic heterocycles. The number of hydrogen-bond donors (Lipinski definition) is 3. The second-order valence-electron chi connectivity index (χ2n) is 7.10. The van der Waals surface area contributed by atoms with Gasteiger partial charge < -0.3 is 10.2 Å². The zero-order valence-corrected chi connectivity index (χ0v) is 17.0. The molecule has 1 rings (SSSR count). The Labute approximate surface area is 163 Å². The molecule has 0 saturated carbocycles. The van der Waals surface area contributed by atoms with E-state index in [0.29, 0.717) is 16.9 Å². The summed E-state index contributed by atoms with van der Waals surface area (Å²) in [5.74, 6) is 0.160. The molecular weight excluding hydrogens is 348 g/mol. The minimum Gasteiger partial charge on any atom is -0.508 e. The second-order valence-corrected chi connectivity index (χ2v) is 7.85. The first-order valence-corrected chi connectivity index (χ1v) is 11.0. The van der Waals surface area contributed by atoms with E-state index in [1.807, 2.05) is 0 Å². The average Bonchev–Trinajstić information content (AvgIpc) is 2.63. The van der Waals surface area contributed by atoms with Crippen LogP contribution in [0.25, 0.3) is 0 Å². The quantitative estimate of drug-likeness (QED) is 0.0922. The van der Waals surface area contributed by atoms with Crippen LogP contribution in [0.5, 0.6) is 11.5 Å². The third kappa shape index (κ3) is 10.3. The normalized spacial score (nSPS) is 11.2. The smallest absolute Gasteiger partial charge is 0.132 e. The zero-order valence-electron chi connectivity index (χ0n) is 16.2. The van der Waals surface area contributed by atoms with Crippen molar-refractivity contribution in [2.24, 2.45) is 0 Å². The van der Waals surface area contributed by atoms with Crippen molar-refractivity contribution in [1.82, 2.24) is 0 Å². The number of aromatic hydroxyl groups is 2. The number of phenols is 2. The van der Waals surface area contributed by atoms with Gasteiger partial charge in [0.2, 0.25) is 0 Å². The van der Waals surface area contributed by atoms with E-state index in [2.05, 4.69) is 11.3 Å². The third-order valence-corrected chi connectivity index (χ3v) is 5.42. The maximum atomic E-state index is 9.97. The van der Waals surface area contributed by atoms with Gasteiger partial charge in [-0.1, -0.05) is 84.0 Å². The molecule has 1 aromatic rings. The molecule has 0 aliphatic rings. The summed E-state index contributed by atoms with van der Waals surface area (Å²) in [6.07, 6.45) is 17.8. The molecule has 0 aromatic heterocycles. The van der Waals surface area contributed by atoms with Crippen LogP contribution in [-0.2, 0) is 10.8 Å². The van der Waals surface area contributed by atoms with E-state index >= 15 is 0 Å². The van der Waals surface area contributed by atoms with Crippen LogP contribution in [0.3, 0.4) is 0 Å². The van der Waals surface area contributed by atoms with Gasteiger partial charge in [0.25, 0.3) is 0 Å². The Bertz CT molecular complexity index is 479. The number of rotatable bonds is 16. The standard InChI is InChI=1S/C21H36O4S/c1-2-3-4-5-6-7-8-9-10-11-12-13-14-15-18-16-20(23)21(26-25-24)17-19(18)22/h16-17,22-24H,2-15H2,1H3. The van der Waals surface area contributed by atoms with Gasteiger partial charge in [0, 0.05) is 0 Å². The molecule has 0 amide bonds. The molecule has 0 atom stereocenters. The van der Waals surface area contributed by atoms with Crippen LogP contribution in [0.15, 0.2) is 17.0 Å². The molecule has 150 valence electrons. The lowest BCUT2D eigenvalue weighted by atomic mass is 10.0. The fourth-order valence-electron chi connectivity index (χ4n) is 3.24. The van der Waals surface area contributed by atoms with Crippen molar-refractivity contribution in [1.29, 1.82) is 0 Å². The van der Waals surface area contributed by atoms with Gasteiger partial charge in [0.05, 0.1) is 16.9 Å². The molecule has 3 N–H and O–H groups in total. The number of phenolic OH excluding ortho intramolecular Hbond substituents is 2. The van der Waals surface area contributed by atoms with Gasteiger partial charge in [-0.3, -0.25) is 0 Å². The molecule has 0 aliphatic carbocycles. The average molecular weight is 385 g/mol. The molecule has 0 unspecified atom stereocenters. The maximum absolute atomic E-state index is 9.97. The summed E-state index contributed by atoms with van der Waals surface area (Å²) in [5, 5.41) is 28.2. The van der Waals surface area contributed by atoms with Crippen LogP contribution in [0.1, 0.15) is 96.0 Å². The fourth-order valence-corrected chi connectivity index (χ4v) is 3.63. The number of benzene rings is 1. The number of hydrogen-bond acceptors (Lipinski definition) is 5. The summed E-state index contributed by atoms with van der Waals surface area (Å²) in [6, 6.07) is 2.98. The molecule has 5 heteroatoms. The van der Waals surface area contributed by atoms with E-state index in [1.165, 1.54) is 76.7 Å². The SMILES string of the molecule is CCCCCCCCCCCCCCCc1cc(O)c(SOO)cc1O. The van der Waals surface area contributed by atoms with Crippen LogP contribution >= 0.6 is 12.0 Å². The molecule has 0 bridgehead atoms. The minimum absolute atomic E-state index is 0.0199. The van der Waals surface area contributed by atoms with Gasteiger partial charge in [-0.05, 0) is 30.5 Å². The first kappa shape index (κ1) is 23.1. The lowest BCUT2D eigenvalue weighted by molar-refractivity contribution is -0.116. The van der Waals surface area contributed by atoms with Gasteiger partial charge in [0.1, 0.15) is 11.5 Å². The Morgan fingerprint density at radius 3 is 1.73 bits per heavy atom. The first-order valence-electron chi connectivity index (χ1n) is 10.2.